The first-order chi connectivity index (χ1) is 7.70. The van der Waals surface area contributed by atoms with Gasteiger partial charge in [-0.05, 0) is 6.07 Å². The molecule has 2 aromatic rings. The summed E-state index contributed by atoms with van der Waals surface area (Å²) in [6.07, 6.45) is 4.41. The molecule has 3 N–H and O–H groups in total. The Labute approximate surface area is 91.3 Å². The first-order valence-corrected chi connectivity index (χ1v) is 4.53. The molecule has 16 heavy (non-hydrogen) atoms. The number of nitrogens with two attached hydrogens (primary N) is 1. The molecule has 1 amide bonds. The predicted molar refractivity (Wildman–Crippen MR) is 57.8 cm³/mol. The molecule has 0 fully saturated rings. The number of anilines is 2. The Hall–Kier alpha value is -2.44. The molecule has 82 valence electrons. The summed E-state index contributed by atoms with van der Waals surface area (Å²) >= 11 is 0. The molecule has 0 unspecified atom stereocenters. The molecule has 2 heterocycles. The number of carbonyl (C=O) groups is 1. The Bertz CT molecular complexity index is 494. The van der Waals surface area contributed by atoms with Gasteiger partial charge in [-0.3, -0.25) is 9.78 Å². The maximum Gasteiger partial charge on any atom is 0.280 e. The van der Waals surface area contributed by atoms with E-state index in [0.717, 1.165) is 0 Å². The van der Waals surface area contributed by atoms with Gasteiger partial charge >= 0.3 is 0 Å². The first kappa shape index (κ1) is 10.1. The molecular formula is C9H10N6O. The number of hydrogen-bond acceptors (Lipinski definition) is 5. The third-order valence-electron chi connectivity index (χ3n) is 2.13. The summed E-state index contributed by atoms with van der Waals surface area (Å²) in [5, 5.41) is 9.66. The molecule has 0 radical (unpaired) electrons. The lowest BCUT2D eigenvalue weighted by atomic mass is 10.3. The fourth-order valence-corrected chi connectivity index (χ4v) is 1.29. The van der Waals surface area contributed by atoms with Crippen molar-refractivity contribution < 1.29 is 4.79 Å². The van der Waals surface area contributed by atoms with Crippen molar-refractivity contribution in [3.63, 3.8) is 0 Å². The summed E-state index contributed by atoms with van der Waals surface area (Å²) in [5.41, 5.74) is 6.97. The second-order valence-electron chi connectivity index (χ2n) is 3.15. The lowest BCUT2D eigenvalue weighted by molar-refractivity contribution is 0.0988. The number of pyridine rings is 1. The van der Waals surface area contributed by atoms with Crippen molar-refractivity contribution in [2.45, 2.75) is 0 Å². The lowest BCUT2D eigenvalue weighted by Crippen LogP contribution is -2.27. The number of nitrogen functional groups attached to an aromatic ring is 1. The molecule has 7 heteroatoms. The topological polar surface area (TPSA) is 101 Å². The Morgan fingerprint density at radius 1 is 1.50 bits per heavy atom. The van der Waals surface area contributed by atoms with Gasteiger partial charge in [-0.2, -0.15) is 15.4 Å². The van der Waals surface area contributed by atoms with Crippen LogP contribution < -0.4 is 10.6 Å². The van der Waals surface area contributed by atoms with E-state index >= 15 is 0 Å². The molecule has 0 aliphatic heterocycles. The van der Waals surface area contributed by atoms with Gasteiger partial charge < -0.3 is 10.6 Å². The SMILES string of the molecule is CN(C(=O)c1cn[nH]n1)c1ccncc1N. The van der Waals surface area contributed by atoms with Gasteiger partial charge in [-0.1, -0.05) is 0 Å². The summed E-state index contributed by atoms with van der Waals surface area (Å²) in [5.74, 6) is -0.286. The minimum atomic E-state index is -0.286. The Kier molecular flexibility index (Phi) is 2.50. The molecule has 7 nitrogen and oxygen atoms in total. The number of nitrogens with one attached hydrogen (secondary N) is 1. The number of H-pyrrole nitrogens is 1. The Morgan fingerprint density at radius 2 is 2.31 bits per heavy atom. The van der Waals surface area contributed by atoms with Gasteiger partial charge in [0.2, 0.25) is 0 Å². The van der Waals surface area contributed by atoms with E-state index in [2.05, 4.69) is 20.4 Å². The fraction of sp³-hybridized carbons (Fsp3) is 0.111. The van der Waals surface area contributed by atoms with Crippen molar-refractivity contribution in [1.82, 2.24) is 20.4 Å². The van der Waals surface area contributed by atoms with Crippen LogP contribution in [0.4, 0.5) is 11.4 Å². The van der Waals surface area contributed by atoms with Crippen molar-refractivity contribution in [2.75, 3.05) is 17.7 Å². The van der Waals surface area contributed by atoms with Crippen molar-refractivity contribution in [2.24, 2.45) is 0 Å². The van der Waals surface area contributed by atoms with Crippen LogP contribution in [0.2, 0.25) is 0 Å². The standard InChI is InChI=1S/C9H10N6O/c1-15(8-2-3-11-4-6(8)10)9(16)7-5-12-14-13-7/h2-5H,10H2,1H3,(H,12,13,14). The average molecular weight is 218 g/mol. The molecule has 2 rings (SSSR count). The summed E-state index contributed by atoms with van der Waals surface area (Å²) < 4.78 is 0. The maximum atomic E-state index is 11.9. The number of aromatic nitrogens is 4. The van der Waals surface area contributed by atoms with Gasteiger partial charge in [0.1, 0.15) is 0 Å². The van der Waals surface area contributed by atoms with Crippen LogP contribution in [0, 0.1) is 0 Å². The third-order valence-corrected chi connectivity index (χ3v) is 2.13. The molecule has 0 saturated carbocycles. The van der Waals surface area contributed by atoms with Crippen molar-refractivity contribution in [3.05, 3.63) is 30.4 Å². The maximum absolute atomic E-state index is 11.9. The number of hydrogen-bond donors (Lipinski definition) is 2. The summed E-state index contributed by atoms with van der Waals surface area (Å²) in [6, 6.07) is 1.66. The fourth-order valence-electron chi connectivity index (χ4n) is 1.29. The highest BCUT2D eigenvalue weighted by molar-refractivity contribution is 6.05. The van der Waals surface area contributed by atoms with E-state index in [1.54, 1.807) is 19.3 Å². The van der Waals surface area contributed by atoms with Gasteiger partial charge in [0.25, 0.3) is 5.91 Å². The number of amides is 1. The molecule has 0 saturated heterocycles. The van der Waals surface area contributed by atoms with Gasteiger partial charge in [-0.15, -0.1) is 0 Å². The molecule has 0 bridgehead atoms. The highest BCUT2D eigenvalue weighted by atomic mass is 16.2. The third kappa shape index (κ3) is 1.70. The van der Waals surface area contributed by atoms with E-state index in [9.17, 15) is 4.79 Å². The number of aromatic amines is 1. The molecule has 2 aromatic heterocycles. The highest BCUT2D eigenvalue weighted by Gasteiger charge is 2.17. The largest absolute Gasteiger partial charge is 0.396 e. The minimum Gasteiger partial charge on any atom is -0.396 e. The summed E-state index contributed by atoms with van der Waals surface area (Å²) in [6.45, 7) is 0. The molecule has 0 spiro atoms. The molecule has 0 aromatic carbocycles. The minimum absolute atomic E-state index is 0.235. The number of nitrogens with zero attached hydrogens (tertiary/aromatic N) is 4. The second kappa shape index (κ2) is 3.97. The van der Waals surface area contributed by atoms with Crippen LogP contribution in [0.25, 0.3) is 0 Å². The lowest BCUT2D eigenvalue weighted by Gasteiger charge is -2.17. The molecule has 0 atom stereocenters. The van der Waals surface area contributed by atoms with Crippen LogP contribution in [-0.4, -0.2) is 33.3 Å². The second-order valence-corrected chi connectivity index (χ2v) is 3.15. The van der Waals surface area contributed by atoms with Crippen LogP contribution in [-0.2, 0) is 0 Å². The van der Waals surface area contributed by atoms with E-state index in [-0.39, 0.29) is 11.6 Å². The average Bonchev–Trinajstić information content (AvgIpc) is 2.81. The van der Waals surface area contributed by atoms with Gasteiger partial charge in [-0.25, -0.2) is 0 Å². The smallest absolute Gasteiger partial charge is 0.280 e. The molecule has 0 aliphatic rings. The Balaban J connectivity index is 2.30. The van der Waals surface area contributed by atoms with Crippen molar-refractivity contribution >= 4 is 17.3 Å². The zero-order valence-corrected chi connectivity index (χ0v) is 8.58. The highest BCUT2D eigenvalue weighted by Crippen LogP contribution is 2.20. The van der Waals surface area contributed by atoms with E-state index in [0.29, 0.717) is 11.4 Å². The summed E-state index contributed by atoms with van der Waals surface area (Å²) in [7, 11) is 1.61. The van der Waals surface area contributed by atoms with E-state index < -0.39 is 0 Å². The van der Waals surface area contributed by atoms with Crippen molar-refractivity contribution in [1.29, 1.82) is 0 Å². The monoisotopic (exact) mass is 218 g/mol. The summed E-state index contributed by atoms with van der Waals surface area (Å²) in [4.78, 5) is 17.1. The van der Waals surface area contributed by atoms with Crippen molar-refractivity contribution in [3.8, 4) is 0 Å². The number of carbonyl (C=O) groups excluding carboxylic acids is 1. The molecule has 0 aliphatic carbocycles. The van der Waals surface area contributed by atoms with Crippen LogP contribution in [0.1, 0.15) is 10.5 Å². The normalized spacial score (nSPS) is 10.1. The van der Waals surface area contributed by atoms with Crippen LogP contribution in [0.15, 0.2) is 24.7 Å². The quantitative estimate of drug-likeness (QED) is 0.742. The van der Waals surface area contributed by atoms with E-state index in [1.165, 1.54) is 17.3 Å². The van der Waals surface area contributed by atoms with Gasteiger partial charge in [0.15, 0.2) is 5.69 Å². The van der Waals surface area contributed by atoms with Crippen LogP contribution in [0.5, 0.6) is 0 Å². The molecular weight excluding hydrogens is 208 g/mol. The first-order valence-electron chi connectivity index (χ1n) is 4.53. The van der Waals surface area contributed by atoms with Gasteiger partial charge in [0.05, 0.1) is 23.8 Å². The Morgan fingerprint density at radius 3 is 2.94 bits per heavy atom. The van der Waals surface area contributed by atoms with Crippen LogP contribution in [0.3, 0.4) is 0 Å². The van der Waals surface area contributed by atoms with Gasteiger partial charge in [0, 0.05) is 13.2 Å². The van der Waals surface area contributed by atoms with Crippen LogP contribution >= 0.6 is 0 Å². The van der Waals surface area contributed by atoms with E-state index in [1.807, 2.05) is 0 Å². The van der Waals surface area contributed by atoms with E-state index in [4.69, 9.17) is 5.73 Å². The predicted octanol–water partition coefficient (Wildman–Crippen LogP) is 0.0585. The zero-order chi connectivity index (χ0) is 11.5. The number of rotatable bonds is 2. The zero-order valence-electron chi connectivity index (χ0n) is 8.58.